The summed E-state index contributed by atoms with van der Waals surface area (Å²) in [6.07, 6.45) is 5.02. The van der Waals surface area contributed by atoms with Gasteiger partial charge in [0.25, 0.3) is 0 Å². The lowest BCUT2D eigenvalue weighted by atomic mass is 9.86. The van der Waals surface area contributed by atoms with Crippen LogP contribution in [0.5, 0.6) is 5.75 Å². The Hall–Kier alpha value is -1.02. The van der Waals surface area contributed by atoms with Crippen molar-refractivity contribution < 1.29 is 4.74 Å². The Kier molecular flexibility index (Phi) is 2.44. The van der Waals surface area contributed by atoms with Crippen LogP contribution in [0.15, 0.2) is 18.2 Å². The lowest BCUT2D eigenvalue weighted by Gasteiger charge is -2.30. The Morgan fingerprint density at radius 2 is 2.18 bits per heavy atom. The van der Waals surface area contributed by atoms with Crippen LogP contribution in [0, 0.1) is 0 Å². The molecule has 3 rings (SSSR count). The van der Waals surface area contributed by atoms with Crippen molar-refractivity contribution >= 4 is 0 Å². The van der Waals surface area contributed by atoms with Gasteiger partial charge in [-0.2, -0.15) is 0 Å². The van der Waals surface area contributed by atoms with E-state index in [1.54, 1.807) is 0 Å². The van der Waals surface area contributed by atoms with E-state index in [-0.39, 0.29) is 11.5 Å². The minimum Gasteiger partial charge on any atom is -0.490 e. The summed E-state index contributed by atoms with van der Waals surface area (Å²) >= 11 is 0. The maximum atomic E-state index is 6.18. The van der Waals surface area contributed by atoms with E-state index in [1.807, 2.05) is 0 Å². The third-order valence-corrected chi connectivity index (χ3v) is 4.43. The number of benzene rings is 1. The number of rotatable bonds is 2. The average Bonchev–Trinajstić information content (AvgIpc) is 3.09. The van der Waals surface area contributed by atoms with Crippen LogP contribution in [0.2, 0.25) is 0 Å². The lowest BCUT2D eigenvalue weighted by molar-refractivity contribution is 0.188. The molecule has 1 aromatic carbocycles. The molecule has 2 aliphatic rings. The zero-order valence-electron chi connectivity index (χ0n) is 10.7. The molecule has 0 amide bonds. The van der Waals surface area contributed by atoms with Crippen LogP contribution in [-0.2, 0) is 11.8 Å². The second-order valence-corrected chi connectivity index (χ2v) is 5.71. The normalized spacial score (nSPS) is 26.9. The van der Waals surface area contributed by atoms with E-state index in [9.17, 15) is 0 Å². The standard InChI is InChI=1S/C15H21NO/c1-10-6-7-12-4-3-5-13(14(12)17-10)15(8-9-15)11(2)16/h3-5,10-11H,6-9,16H2,1-2H3. The third-order valence-electron chi connectivity index (χ3n) is 4.43. The molecular formula is C15H21NO. The van der Waals surface area contributed by atoms with Gasteiger partial charge in [-0.25, -0.2) is 0 Å². The fraction of sp³-hybridized carbons (Fsp3) is 0.600. The average molecular weight is 231 g/mol. The smallest absolute Gasteiger partial charge is 0.126 e. The third kappa shape index (κ3) is 1.66. The molecule has 2 N–H and O–H groups in total. The molecule has 2 atom stereocenters. The Bertz CT molecular complexity index is 435. The minimum absolute atomic E-state index is 0.197. The summed E-state index contributed by atoms with van der Waals surface area (Å²) in [5.74, 6) is 1.14. The van der Waals surface area contributed by atoms with Gasteiger partial charge >= 0.3 is 0 Å². The van der Waals surface area contributed by atoms with Crippen molar-refractivity contribution in [3.05, 3.63) is 29.3 Å². The molecule has 92 valence electrons. The van der Waals surface area contributed by atoms with Gasteiger partial charge in [0, 0.05) is 17.0 Å². The van der Waals surface area contributed by atoms with E-state index in [0.29, 0.717) is 6.10 Å². The van der Waals surface area contributed by atoms with E-state index >= 15 is 0 Å². The molecular weight excluding hydrogens is 210 g/mol. The molecule has 1 aromatic rings. The number of ether oxygens (including phenoxy) is 1. The summed E-state index contributed by atoms with van der Waals surface area (Å²) in [6, 6.07) is 6.79. The second kappa shape index (κ2) is 3.74. The molecule has 2 unspecified atom stereocenters. The molecule has 1 heterocycles. The number of para-hydroxylation sites is 1. The molecule has 0 saturated heterocycles. The first-order valence-electron chi connectivity index (χ1n) is 6.68. The van der Waals surface area contributed by atoms with Gasteiger partial charge in [0.2, 0.25) is 0 Å². The largest absolute Gasteiger partial charge is 0.490 e. The molecule has 0 aromatic heterocycles. The van der Waals surface area contributed by atoms with Crippen LogP contribution in [0.25, 0.3) is 0 Å². The highest BCUT2D eigenvalue weighted by molar-refractivity contribution is 5.50. The Morgan fingerprint density at radius 3 is 2.82 bits per heavy atom. The van der Waals surface area contributed by atoms with Crippen molar-refractivity contribution in [2.75, 3.05) is 0 Å². The highest BCUT2D eigenvalue weighted by atomic mass is 16.5. The molecule has 2 heteroatoms. The van der Waals surface area contributed by atoms with Crippen molar-refractivity contribution in [3.8, 4) is 5.75 Å². The number of nitrogens with two attached hydrogens (primary N) is 1. The first-order chi connectivity index (χ1) is 8.13. The first-order valence-corrected chi connectivity index (χ1v) is 6.68. The zero-order chi connectivity index (χ0) is 12.0. The van der Waals surface area contributed by atoms with Crippen molar-refractivity contribution in [1.82, 2.24) is 0 Å². The van der Waals surface area contributed by atoms with Gasteiger partial charge in [0.15, 0.2) is 0 Å². The van der Waals surface area contributed by atoms with Crippen LogP contribution < -0.4 is 10.5 Å². The topological polar surface area (TPSA) is 35.2 Å². The molecule has 2 nitrogen and oxygen atoms in total. The van der Waals surface area contributed by atoms with E-state index in [1.165, 1.54) is 24.0 Å². The fourth-order valence-corrected chi connectivity index (χ4v) is 3.04. The molecule has 0 radical (unpaired) electrons. The summed E-state index contributed by atoms with van der Waals surface area (Å²) in [5.41, 5.74) is 9.10. The zero-order valence-corrected chi connectivity index (χ0v) is 10.7. The number of hydrogen-bond acceptors (Lipinski definition) is 2. The Labute approximate surface area is 103 Å². The predicted molar refractivity (Wildman–Crippen MR) is 69.4 cm³/mol. The Morgan fingerprint density at radius 1 is 1.41 bits per heavy atom. The quantitative estimate of drug-likeness (QED) is 0.849. The number of fused-ring (bicyclic) bond motifs is 1. The summed E-state index contributed by atoms with van der Waals surface area (Å²) < 4.78 is 6.08. The molecule has 17 heavy (non-hydrogen) atoms. The van der Waals surface area contributed by atoms with Crippen LogP contribution in [-0.4, -0.2) is 12.1 Å². The van der Waals surface area contributed by atoms with Crippen molar-refractivity contribution in [2.24, 2.45) is 5.73 Å². The molecule has 1 saturated carbocycles. The lowest BCUT2D eigenvalue weighted by Crippen LogP contribution is -2.33. The molecule has 0 bridgehead atoms. The first kappa shape index (κ1) is 11.1. The second-order valence-electron chi connectivity index (χ2n) is 5.71. The van der Waals surface area contributed by atoms with E-state index in [4.69, 9.17) is 10.5 Å². The van der Waals surface area contributed by atoms with Gasteiger partial charge in [0.05, 0.1) is 6.10 Å². The summed E-state index contributed by atoms with van der Waals surface area (Å²) in [7, 11) is 0. The van der Waals surface area contributed by atoms with E-state index < -0.39 is 0 Å². The molecule has 1 fully saturated rings. The summed E-state index contributed by atoms with van der Waals surface area (Å²) in [5, 5.41) is 0. The van der Waals surface area contributed by atoms with Crippen LogP contribution in [0.4, 0.5) is 0 Å². The van der Waals surface area contributed by atoms with Gasteiger partial charge < -0.3 is 10.5 Å². The monoisotopic (exact) mass is 231 g/mol. The molecule has 0 spiro atoms. The van der Waals surface area contributed by atoms with Crippen LogP contribution >= 0.6 is 0 Å². The van der Waals surface area contributed by atoms with Crippen molar-refractivity contribution in [2.45, 2.75) is 57.1 Å². The molecule has 1 aliphatic carbocycles. The van der Waals surface area contributed by atoms with E-state index in [2.05, 4.69) is 32.0 Å². The van der Waals surface area contributed by atoms with Gasteiger partial charge in [0.1, 0.15) is 5.75 Å². The van der Waals surface area contributed by atoms with Crippen LogP contribution in [0.1, 0.15) is 44.2 Å². The van der Waals surface area contributed by atoms with Crippen molar-refractivity contribution in [3.63, 3.8) is 0 Å². The van der Waals surface area contributed by atoms with Gasteiger partial charge in [-0.05, 0) is 45.1 Å². The summed E-state index contributed by atoms with van der Waals surface area (Å²) in [6.45, 7) is 4.28. The number of hydrogen-bond donors (Lipinski definition) is 1. The Balaban J connectivity index is 2.06. The van der Waals surface area contributed by atoms with E-state index in [0.717, 1.165) is 18.6 Å². The highest BCUT2D eigenvalue weighted by Crippen LogP contribution is 2.54. The molecule has 1 aliphatic heterocycles. The van der Waals surface area contributed by atoms with Gasteiger partial charge in [-0.1, -0.05) is 18.2 Å². The number of aryl methyl sites for hydroxylation is 1. The fourth-order valence-electron chi connectivity index (χ4n) is 3.04. The van der Waals surface area contributed by atoms with Gasteiger partial charge in [-0.3, -0.25) is 0 Å². The van der Waals surface area contributed by atoms with Crippen LogP contribution in [0.3, 0.4) is 0 Å². The van der Waals surface area contributed by atoms with Crippen molar-refractivity contribution in [1.29, 1.82) is 0 Å². The highest BCUT2D eigenvalue weighted by Gasteiger charge is 2.49. The minimum atomic E-state index is 0.197. The SMILES string of the molecule is CC1CCc2cccc(C3(C(C)N)CC3)c2O1. The maximum absolute atomic E-state index is 6.18. The maximum Gasteiger partial charge on any atom is 0.126 e. The summed E-state index contributed by atoms with van der Waals surface area (Å²) in [4.78, 5) is 0. The van der Waals surface area contributed by atoms with Gasteiger partial charge in [-0.15, -0.1) is 0 Å². The predicted octanol–water partition coefficient (Wildman–Crippen LogP) is 2.78.